The summed E-state index contributed by atoms with van der Waals surface area (Å²) in [6, 6.07) is 0. The van der Waals surface area contributed by atoms with Crippen LogP contribution < -0.4 is 10.2 Å². The average Bonchev–Trinajstić information content (AvgIpc) is 3.09. The van der Waals surface area contributed by atoms with Crippen molar-refractivity contribution in [2.75, 3.05) is 30.4 Å². The van der Waals surface area contributed by atoms with Crippen LogP contribution in [-0.2, 0) is 0 Å². The lowest BCUT2D eigenvalue weighted by molar-refractivity contribution is 0.657. The number of hydrogen-bond acceptors (Lipinski definition) is 6. The standard InChI is InChI=1S/C12H17N7/c1-9-3-5-18(7-9)11-15-10(13-2)16-12(17-11)19-6-4-14-8-19/h4,6,8-9H,3,5,7H2,1-2H3,(H,13,15,16,17). The van der Waals surface area contributed by atoms with E-state index in [0.29, 0.717) is 17.8 Å². The van der Waals surface area contributed by atoms with Crippen molar-refractivity contribution in [3.63, 3.8) is 0 Å². The van der Waals surface area contributed by atoms with E-state index in [2.05, 4.69) is 37.1 Å². The Morgan fingerprint density at radius 2 is 2.11 bits per heavy atom. The molecule has 7 nitrogen and oxygen atoms in total. The second kappa shape index (κ2) is 4.83. The SMILES string of the molecule is CNc1nc(N2CCC(C)C2)nc(-n2ccnc2)n1. The predicted octanol–water partition coefficient (Wildman–Crippen LogP) is 0.945. The third-order valence-corrected chi connectivity index (χ3v) is 3.28. The first kappa shape index (κ1) is 11.9. The number of rotatable bonds is 3. The molecule has 100 valence electrons. The summed E-state index contributed by atoms with van der Waals surface area (Å²) in [7, 11) is 1.81. The number of hydrogen-bond donors (Lipinski definition) is 1. The lowest BCUT2D eigenvalue weighted by atomic mass is 10.2. The van der Waals surface area contributed by atoms with Crippen molar-refractivity contribution in [3.05, 3.63) is 18.7 Å². The second-order valence-electron chi connectivity index (χ2n) is 4.82. The van der Waals surface area contributed by atoms with Gasteiger partial charge in [0.25, 0.3) is 0 Å². The van der Waals surface area contributed by atoms with Gasteiger partial charge in [-0.1, -0.05) is 6.92 Å². The first-order valence-corrected chi connectivity index (χ1v) is 6.43. The van der Waals surface area contributed by atoms with Crippen LogP contribution in [0.2, 0.25) is 0 Å². The van der Waals surface area contributed by atoms with E-state index in [1.165, 1.54) is 6.42 Å². The molecule has 0 amide bonds. The average molecular weight is 259 g/mol. The minimum absolute atomic E-state index is 0.577. The number of nitrogens with zero attached hydrogens (tertiary/aromatic N) is 6. The maximum Gasteiger partial charge on any atom is 0.241 e. The van der Waals surface area contributed by atoms with Gasteiger partial charge in [0.05, 0.1) is 0 Å². The number of nitrogens with one attached hydrogen (secondary N) is 1. The van der Waals surface area contributed by atoms with Crippen LogP contribution in [0.25, 0.3) is 5.95 Å². The van der Waals surface area contributed by atoms with E-state index in [1.807, 2.05) is 13.2 Å². The maximum atomic E-state index is 4.53. The van der Waals surface area contributed by atoms with Crippen molar-refractivity contribution >= 4 is 11.9 Å². The van der Waals surface area contributed by atoms with Crippen molar-refractivity contribution in [3.8, 4) is 5.95 Å². The van der Waals surface area contributed by atoms with Gasteiger partial charge < -0.3 is 10.2 Å². The molecule has 0 radical (unpaired) electrons. The largest absolute Gasteiger partial charge is 0.357 e. The first-order chi connectivity index (χ1) is 9.26. The zero-order chi connectivity index (χ0) is 13.2. The molecular weight excluding hydrogens is 242 g/mol. The van der Waals surface area contributed by atoms with E-state index in [1.54, 1.807) is 17.1 Å². The first-order valence-electron chi connectivity index (χ1n) is 6.43. The van der Waals surface area contributed by atoms with Gasteiger partial charge in [-0.15, -0.1) is 0 Å². The van der Waals surface area contributed by atoms with Crippen LogP contribution in [0.15, 0.2) is 18.7 Å². The van der Waals surface area contributed by atoms with E-state index < -0.39 is 0 Å². The van der Waals surface area contributed by atoms with Crippen LogP contribution in [0.3, 0.4) is 0 Å². The van der Waals surface area contributed by atoms with Crippen molar-refractivity contribution in [2.24, 2.45) is 5.92 Å². The van der Waals surface area contributed by atoms with Crippen molar-refractivity contribution < 1.29 is 0 Å². The van der Waals surface area contributed by atoms with E-state index >= 15 is 0 Å². The molecule has 1 aliphatic heterocycles. The van der Waals surface area contributed by atoms with Gasteiger partial charge in [-0.2, -0.15) is 15.0 Å². The molecule has 0 spiro atoms. The van der Waals surface area contributed by atoms with Gasteiger partial charge in [-0.05, 0) is 12.3 Å². The molecule has 1 atom stereocenters. The van der Waals surface area contributed by atoms with Crippen molar-refractivity contribution in [1.82, 2.24) is 24.5 Å². The quantitative estimate of drug-likeness (QED) is 0.884. The van der Waals surface area contributed by atoms with E-state index in [4.69, 9.17) is 0 Å². The molecule has 0 saturated carbocycles. The third kappa shape index (κ3) is 2.35. The van der Waals surface area contributed by atoms with Crippen LogP contribution in [0.5, 0.6) is 0 Å². The highest BCUT2D eigenvalue weighted by atomic mass is 15.3. The molecule has 1 unspecified atom stereocenters. The predicted molar refractivity (Wildman–Crippen MR) is 72.5 cm³/mol. The Hall–Kier alpha value is -2.18. The molecule has 3 rings (SSSR count). The highest BCUT2D eigenvalue weighted by molar-refractivity contribution is 5.40. The fraction of sp³-hybridized carbons (Fsp3) is 0.500. The van der Waals surface area contributed by atoms with Gasteiger partial charge in [-0.3, -0.25) is 4.57 Å². The van der Waals surface area contributed by atoms with Crippen LogP contribution in [-0.4, -0.2) is 44.6 Å². The Labute approximate surface area is 111 Å². The monoisotopic (exact) mass is 259 g/mol. The van der Waals surface area contributed by atoms with E-state index in [0.717, 1.165) is 19.0 Å². The Balaban J connectivity index is 1.98. The minimum Gasteiger partial charge on any atom is -0.357 e. The van der Waals surface area contributed by atoms with Gasteiger partial charge in [0, 0.05) is 32.5 Å². The van der Waals surface area contributed by atoms with Crippen LogP contribution in [0.1, 0.15) is 13.3 Å². The Morgan fingerprint density at radius 1 is 1.26 bits per heavy atom. The second-order valence-corrected chi connectivity index (χ2v) is 4.82. The molecule has 1 saturated heterocycles. The summed E-state index contributed by atoms with van der Waals surface area (Å²) in [5.74, 6) is 2.58. The fourth-order valence-electron chi connectivity index (χ4n) is 2.22. The number of anilines is 2. The summed E-state index contributed by atoms with van der Waals surface area (Å²) in [4.78, 5) is 19.5. The summed E-state index contributed by atoms with van der Waals surface area (Å²) in [6.07, 6.45) is 6.40. The summed E-state index contributed by atoms with van der Waals surface area (Å²) < 4.78 is 1.78. The van der Waals surface area contributed by atoms with Crippen LogP contribution in [0, 0.1) is 5.92 Å². The normalized spacial score (nSPS) is 18.8. The molecule has 19 heavy (non-hydrogen) atoms. The lowest BCUT2D eigenvalue weighted by Gasteiger charge is -2.17. The Morgan fingerprint density at radius 3 is 2.74 bits per heavy atom. The zero-order valence-electron chi connectivity index (χ0n) is 11.1. The van der Waals surface area contributed by atoms with Gasteiger partial charge in [-0.25, -0.2) is 4.98 Å². The topological polar surface area (TPSA) is 71.8 Å². The molecule has 0 aromatic carbocycles. The summed E-state index contributed by atoms with van der Waals surface area (Å²) in [5.41, 5.74) is 0. The maximum absolute atomic E-state index is 4.53. The van der Waals surface area contributed by atoms with Crippen molar-refractivity contribution in [2.45, 2.75) is 13.3 Å². The zero-order valence-corrected chi connectivity index (χ0v) is 11.1. The van der Waals surface area contributed by atoms with E-state index in [-0.39, 0.29) is 0 Å². The van der Waals surface area contributed by atoms with Crippen LogP contribution in [0.4, 0.5) is 11.9 Å². The summed E-state index contributed by atoms with van der Waals surface area (Å²) in [6.45, 7) is 4.24. The highest BCUT2D eigenvalue weighted by Crippen LogP contribution is 2.21. The minimum atomic E-state index is 0.577. The Bertz CT molecular complexity index is 551. The lowest BCUT2D eigenvalue weighted by Crippen LogP contribution is -2.23. The molecule has 1 N–H and O–H groups in total. The van der Waals surface area contributed by atoms with E-state index in [9.17, 15) is 0 Å². The summed E-state index contributed by atoms with van der Waals surface area (Å²) >= 11 is 0. The molecule has 0 bridgehead atoms. The molecular formula is C12H17N7. The van der Waals surface area contributed by atoms with Crippen molar-refractivity contribution in [1.29, 1.82) is 0 Å². The molecule has 3 heterocycles. The van der Waals surface area contributed by atoms with Gasteiger partial charge >= 0.3 is 0 Å². The molecule has 7 heteroatoms. The molecule has 1 fully saturated rings. The molecule has 2 aromatic heterocycles. The molecule has 0 aliphatic carbocycles. The van der Waals surface area contributed by atoms with Gasteiger partial charge in [0.2, 0.25) is 17.8 Å². The highest BCUT2D eigenvalue weighted by Gasteiger charge is 2.22. The Kier molecular flexibility index (Phi) is 3.02. The number of aromatic nitrogens is 5. The molecule has 1 aliphatic rings. The summed E-state index contributed by atoms with van der Waals surface area (Å²) in [5, 5.41) is 2.98. The molecule has 2 aromatic rings. The third-order valence-electron chi connectivity index (χ3n) is 3.28. The van der Waals surface area contributed by atoms with Crippen LogP contribution >= 0.6 is 0 Å². The van der Waals surface area contributed by atoms with Gasteiger partial charge in [0.1, 0.15) is 6.33 Å². The smallest absolute Gasteiger partial charge is 0.241 e. The van der Waals surface area contributed by atoms with Gasteiger partial charge in [0.15, 0.2) is 0 Å². The fourth-order valence-corrected chi connectivity index (χ4v) is 2.22. The number of imidazole rings is 1.